The summed E-state index contributed by atoms with van der Waals surface area (Å²) in [5.41, 5.74) is 3.75. The number of ether oxygens (including phenoxy) is 2. The second-order valence-electron chi connectivity index (χ2n) is 8.11. The highest BCUT2D eigenvalue weighted by Gasteiger charge is 2.33. The lowest BCUT2D eigenvalue weighted by molar-refractivity contribution is -0.126. The Bertz CT molecular complexity index is 1260. The van der Waals surface area contributed by atoms with Crippen LogP contribution < -0.4 is 14.4 Å². The van der Waals surface area contributed by atoms with Crippen molar-refractivity contribution in [1.82, 2.24) is 4.98 Å². The Morgan fingerprint density at radius 2 is 1.76 bits per heavy atom. The van der Waals surface area contributed by atoms with Crippen LogP contribution in [0.4, 0.5) is 5.69 Å². The Morgan fingerprint density at radius 1 is 1.00 bits per heavy atom. The third kappa shape index (κ3) is 4.68. The molecule has 0 N–H and O–H groups in total. The van der Waals surface area contributed by atoms with Gasteiger partial charge in [0.15, 0.2) is 6.10 Å². The topological polar surface area (TPSA) is 51.7 Å². The van der Waals surface area contributed by atoms with Crippen LogP contribution in [0, 0.1) is 0 Å². The standard InChI is InChI=1S/C28H26N2O3S/c1-2-25-28(31)30(16-9-17-32-22-12-7-4-8-13-22)24-18-21(14-15-26(24)33-25)23-19-34-27(29-23)20-10-5-3-6-11-20/h3-8,10-15,18-19,25H,2,9,16-17H2,1H3. The fraction of sp³-hybridized carbons (Fsp3) is 0.214. The summed E-state index contributed by atoms with van der Waals surface area (Å²) >= 11 is 1.62. The molecular formula is C28H26N2O3S. The fourth-order valence-corrected chi connectivity index (χ4v) is 4.86. The second kappa shape index (κ2) is 10.1. The van der Waals surface area contributed by atoms with Crippen molar-refractivity contribution in [3.8, 4) is 33.3 Å². The van der Waals surface area contributed by atoms with Crippen molar-refractivity contribution in [2.24, 2.45) is 0 Å². The van der Waals surface area contributed by atoms with E-state index in [2.05, 4.69) is 17.5 Å². The molecular weight excluding hydrogens is 444 g/mol. The average molecular weight is 471 g/mol. The number of carbonyl (C=O) groups excluding carboxylic acids is 1. The van der Waals surface area contributed by atoms with Crippen molar-refractivity contribution in [3.05, 3.63) is 84.2 Å². The Labute approximate surface area is 203 Å². The number of rotatable bonds is 8. The van der Waals surface area contributed by atoms with E-state index in [1.165, 1.54) is 0 Å². The molecule has 4 aromatic rings. The van der Waals surface area contributed by atoms with Gasteiger partial charge in [0.2, 0.25) is 0 Å². The van der Waals surface area contributed by atoms with Crippen LogP contribution >= 0.6 is 11.3 Å². The number of benzene rings is 3. The summed E-state index contributed by atoms with van der Waals surface area (Å²) in [7, 11) is 0. The van der Waals surface area contributed by atoms with E-state index in [4.69, 9.17) is 14.5 Å². The SMILES string of the molecule is CCC1Oc2ccc(-c3csc(-c4ccccc4)n3)cc2N(CCCOc2ccccc2)C1=O. The van der Waals surface area contributed by atoms with Gasteiger partial charge in [-0.2, -0.15) is 0 Å². The van der Waals surface area contributed by atoms with Gasteiger partial charge in [0, 0.05) is 23.1 Å². The molecule has 5 nitrogen and oxygen atoms in total. The van der Waals surface area contributed by atoms with Gasteiger partial charge < -0.3 is 14.4 Å². The zero-order valence-electron chi connectivity index (χ0n) is 19.0. The minimum absolute atomic E-state index is 0.00452. The molecule has 6 heteroatoms. The van der Waals surface area contributed by atoms with Crippen molar-refractivity contribution in [1.29, 1.82) is 0 Å². The zero-order valence-corrected chi connectivity index (χ0v) is 19.8. The molecule has 1 aliphatic heterocycles. The lowest BCUT2D eigenvalue weighted by Crippen LogP contribution is -2.46. The van der Waals surface area contributed by atoms with Crippen molar-refractivity contribution in [3.63, 3.8) is 0 Å². The number of hydrogen-bond donors (Lipinski definition) is 0. The van der Waals surface area contributed by atoms with Gasteiger partial charge in [-0.3, -0.25) is 4.79 Å². The highest BCUT2D eigenvalue weighted by molar-refractivity contribution is 7.13. The molecule has 0 bridgehead atoms. The normalized spacial score (nSPS) is 15.0. The van der Waals surface area contributed by atoms with Crippen LogP contribution in [0.5, 0.6) is 11.5 Å². The van der Waals surface area contributed by atoms with E-state index in [0.29, 0.717) is 19.6 Å². The summed E-state index contributed by atoms with van der Waals surface area (Å²) in [5.74, 6) is 1.57. The zero-order chi connectivity index (χ0) is 23.3. The van der Waals surface area contributed by atoms with Crippen LogP contribution in [0.3, 0.4) is 0 Å². The van der Waals surface area contributed by atoms with E-state index in [-0.39, 0.29) is 5.91 Å². The average Bonchev–Trinajstić information content (AvgIpc) is 3.39. The Balaban J connectivity index is 1.36. The van der Waals surface area contributed by atoms with Gasteiger partial charge in [0.05, 0.1) is 18.0 Å². The van der Waals surface area contributed by atoms with Gasteiger partial charge in [-0.15, -0.1) is 11.3 Å². The monoisotopic (exact) mass is 470 g/mol. The lowest BCUT2D eigenvalue weighted by Gasteiger charge is -2.34. The molecule has 0 aliphatic carbocycles. The van der Waals surface area contributed by atoms with E-state index in [9.17, 15) is 4.79 Å². The summed E-state index contributed by atoms with van der Waals surface area (Å²) in [4.78, 5) is 19.8. The van der Waals surface area contributed by atoms with E-state index >= 15 is 0 Å². The van der Waals surface area contributed by atoms with E-state index in [1.807, 2.05) is 78.6 Å². The van der Waals surface area contributed by atoms with Gasteiger partial charge in [-0.25, -0.2) is 4.98 Å². The van der Waals surface area contributed by atoms with Crippen LogP contribution in [-0.2, 0) is 4.79 Å². The highest BCUT2D eigenvalue weighted by atomic mass is 32.1. The van der Waals surface area contributed by atoms with Crippen molar-refractivity contribution < 1.29 is 14.3 Å². The van der Waals surface area contributed by atoms with Crippen LogP contribution in [0.2, 0.25) is 0 Å². The van der Waals surface area contributed by atoms with Gasteiger partial charge >= 0.3 is 0 Å². The first-order valence-electron chi connectivity index (χ1n) is 11.5. The number of thiazole rings is 1. The molecule has 1 unspecified atom stereocenters. The molecule has 172 valence electrons. The minimum Gasteiger partial charge on any atom is -0.494 e. The smallest absolute Gasteiger partial charge is 0.268 e. The molecule has 0 saturated carbocycles. The quantitative estimate of drug-likeness (QED) is 0.278. The summed E-state index contributed by atoms with van der Waals surface area (Å²) in [6.45, 7) is 3.07. The molecule has 1 aliphatic rings. The number of para-hydroxylation sites is 1. The molecule has 1 aromatic heterocycles. The third-order valence-electron chi connectivity index (χ3n) is 5.79. The van der Waals surface area contributed by atoms with Crippen molar-refractivity contribution >= 4 is 22.9 Å². The summed E-state index contributed by atoms with van der Waals surface area (Å²) in [6, 6.07) is 25.9. The first kappa shape index (κ1) is 22.2. The Kier molecular flexibility index (Phi) is 6.58. The largest absolute Gasteiger partial charge is 0.494 e. The summed E-state index contributed by atoms with van der Waals surface area (Å²) in [5, 5.41) is 3.03. The molecule has 1 amide bonds. The van der Waals surface area contributed by atoms with Gasteiger partial charge in [-0.05, 0) is 43.2 Å². The fourth-order valence-electron chi connectivity index (χ4n) is 4.02. The molecule has 0 radical (unpaired) electrons. The maximum Gasteiger partial charge on any atom is 0.268 e. The maximum absolute atomic E-state index is 13.2. The summed E-state index contributed by atoms with van der Waals surface area (Å²) < 4.78 is 11.9. The number of hydrogen-bond acceptors (Lipinski definition) is 5. The first-order chi connectivity index (χ1) is 16.7. The van der Waals surface area contributed by atoms with Crippen LogP contribution in [0.25, 0.3) is 21.8 Å². The number of aromatic nitrogens is 1. The van der Waals surface area contributed by atoms with Crippen LogP contribution in [0.1, 0.15) is 19.8 Å². The van der Waals surface area contributed by atoms with Gasteiger partial charge in [-0.1, -0.05) is 55.5 Å². The number of fused-ring (bicyclic) bond motifs is 1. The number of anilines is 1. The van der Waals surface area contributed by atoms with Gasteiger partial charge in [0.1, 0.15) is 16.5 Å². The van der Waals surface area contributed by atoms with Crippen molar-refractivity contribution in [2.45, 2.75) is 25.9 Å². The summed E-state index contributed by atoms with van der Waals surface area (Å²) in [6.07, 6.45) is 0.886. The predicted molar refractivity (Wildman–Crippen MR) is 137 cm³/mol. The van der Waals surface area contributed by atoms with E-state index in [1.54, 1.807) is 11.3 Å². The number of carbonyl (C=O) groups is 1. The van der Waals surface area contributed by atoms with Crippen LogP contribution in [-0.4, -0.2) is 30.1 Å². The molecule has 0 spiro atoms. The van der Waals surface area contributed by atoms with E-state index < -0.39 is 6.10 Å². The Morgan fingerprint density at radius 3 is 2.53 bits per heavy atom. The first-order valence-corrected chi connectivity index (χ1v) is 12.4. The van der Waals surface area contributed by atoms with Crippen LogP contribution in [0.15, 0.2) is 84.2 Å². The lowest BCUT2D eigenvalue weighted by atomic mass is 10.1. The van der Waals surface area contributed by atoms with Gasteiger partial charge in [0.25, 0.3) is 5.91 Å². The minimum atomic E-state index is -0.461. The molecule has 3 aromatic carbocycles. The molecule has 34 heavy (non-hydrogen) atoms. The number of nitrogens with zero attached hydrogens (tertiary/aromatic N) is 2. The molecule has 0 fully saturated rings. The third-order valence-corrected chi connectivity index (χ3v) is 6.68. The molecule has 0 saturated heterocycles. The molecule has 1 atom stereocenters. The molecule has 2 heterocycles. The highest BCUT2D eigenvalue weighted by Crippen LogP contribution is 2.39. The van der Waals surface area contributed by atoms with Crippen molar-refractivity contribution in [2.75, 3.05) is 18.1 Å². The maximum atomic E-state index is 13.2. The Hall–Kier alpha value is -3.64. The second-order valence-corrected chi connectivity index (χ2v) is 8.96. The van der Waals surface area contributed by atoms with E-state index in [0.717, 1.165) is 45.4 Å². The number of amides is 1. The predicted octanol–water partition coefficient (Wildman–Crippen LogP) is 6.45. The molecule has 5 rings (SSSR count).